The molecule has 6 heteroatoms. The van der Waals surface area contributed by atoms with Crippen LogP contribution in [-0.2, 0) is 4.79 Å². The maximum Gasteiger partial charge on any atom is 1.00 e. The van der Waals surface area contributed by atoms with Crippen molar-refractivity contribution < 1.29 is 54.1 Å². The number of carboxylic acids is 1. The molecule has 0 aromatic carbocycles. The summed E-state index contributed by atoms with van der Waals surface area (Å²) in [6, 6.07) is 0. The predicted molar refractivity (Wildman–Crippen MR) is 23.9 cm³/mol. The van der Waals surface area contributed by atoms with Gasteiger partial charge in [0.15, 0.2) is 0 Å². The molecule has 0 aliphatic rings. The number of halogens is 3. The van der Waals surface area contributed by atoms with Gasteiger partial charge in [-0.3, -0.25) is 0 Å². The molecule has 0 saturated heterocycles. The fraction of sp³-hybridized carbons (Fsp3) is 0.250. The Morgan fingerprint density at radius 3 is 1.80 bits per heavy atom. The van der Waals surface area contributed by atoms with E-state index in [9.17, 15) is 18.0 Å². The number of carboxylic acid groups (broad SMARTS) is 1. The van der Waals surface area contributed by atoms with Gasteiger partial charge in [-0.15, -0.1) is 0 Å². The van der Waals surface area contributed by atoms with Crippen LogP contribution in [0.2, 0.25) is 0 Å². The molecular formula is C4H4F3NaO2. The Labute approximate surface area is 78.5 Å². The van der Waals surface area contributed by atoms with E-state index in [4.69, 9.17) is 5.11 Å². The van der Waals surface area contributed by atoms with Gasteiger partial charge in [-0.2, -0.15) is 13.2 Å². The van der Waals surface area contributed by atoms with E-state index in [2.05, 4.69) is 6.58 Å². The number of hydrogen-bond acceptors (Lipinski definition) is 1. The minimum atomic E-state index is -4.81. The molecule has 0 atom stereocenters. The first-order valence-electron chi connectivity index (χ1n) is 1.85. The minimum Gasteiger partial charge on any atom is -1.00 e. The first-order chi connectivity index (χ1) is 3.85. The van der Waals surface area contributed by atoms with E-state index in [0.717, 1.165) is 0 Å². The van der Waals surface area contributed by atoms with Crippen LogP contribution in [0.4, 0.5) is 13.2 Å². The summed E-state index contributed by atoms with van der Waals surface area (Å²) in [7, 11) is 0. The number of hydrogen-bond donors (Lipinski definition) is 1. The van der Waals surface area contributed by atoms with Gasteiger partial charge >= 0.3 is 41.7 Å². The third-order valence-electron chi connectivity index (χ3n) is 0.600. The van der Waals surface area contributed by atoms with E-state index in [1.165, 1.54) is 0 Å². The molecule has 54 valence electrons. The van der Waals surface area contributed by atoms with Gasteiger partial charge in [-0.25, -0.2) is 4.79 Å². The summed E-state index contributed by atoms with van der Waals surface area (Å²) in [5.74, 6) is -2.04. The van der Waals surface area contributed by atoms with Crippen LogP contribution in [0.3, 0.4) is 0 Å². The van der Waals surface area contributed by atoms with Crippen LogP contribution in [0.1, 0.15) is 1.43 Å². The Kier molecular flexibility index (Phi) is 5.06. The average molecular weight is 164 g/mol. The largest absolute Gasteiger partial charge is 1.00 e. The van der Waals surface area contributed by atoms with Crippen LogP contribution in [0, 0.1) is 0 Å². The normalized spacial score (nSPS) is 9.90. The van der Waals surface area contributed by atoms with E-state index in [1.807, 2.05) is 0 Å². The molecular weight excluding hydrogens is 160 g/mol. The summed E-state index contributed by atoms with van der Waals surface area (Å²) in [6.45, 7) is 2.30. The molecule has 0 aromatic heterocycles. The third-order valence-corrected chi connectivity index (χ3v) is 0.600. The molecule has 0 aliphatic carbocycles. The Balaban J connectivity index is -0.000000320. The zero-order valence-electron chi connectivity index (χ0n) is 6.20. The Morgan fingerprint density at radius 1 is 1.50 bits per heavy atom. The van der Waals surface area contributed by atoms with Crippen molar-refractivity contribution in [2.45, 2.75) is 6.18 Å². The second kappa shape index (κ2) is 4.00. The summed E-state index contributed by atoms with van der Waals surface area (Å²) in [4.78, 5) is 9.53. The molecule has 0 rings (SSSR count). The Bertz CT molecular complexity index is 156. The van der Waals surface area contributed by atoms with Gasteiger partial charge in [-0.1, -0.05) is 6.58 Å². The van der Waals surface area contributed by atoms with Crippen LogP contribution >= 0.6 is 0 Å². The standard InChI is InChI=1S/C4H3F3O2.Na.H/c1-2(3(8)9)4(5,6)7;;/h1H2,(H,8,9);;/q;+1;-1. The number of rotatable bonds is 1. The fourth-order valence-corrected chi connectivity index (χ4v) is 0.121. The van der Waals surface area contributed by atoms with Crippen LogP contribution in [0.15, 0.2) is 12.2 Å². The van der Waals surface area contributed by atoms with Gasteiger partial charge in [0, 0.05) is 0 Å². The molecule has 0 fully saturated rings. The molecule has 0 heterocycles. The SMILES string of the molecule is C=C(C(=O)O)C(F)(F)F.[H-].[Na+]. The van der Waals surface area contributed by atoms with Crippen molar-refractivity contribution in [3.05, 3.63) is 12.2 Å². The van der Waals surface area contributed by atoms with Gasteiger partial charge in [0.1, 0.15) is 5.57 Å². The zero-order chi connectivity index (χ0) is 7.65. The maximum absolute atomic E-state index is 11.2. The quantitative estimate of drug-likeness (QED) is 0.370. The topological polar surface area (TPSA) is 37.3 Å². The van der Waals surface area contributed by atoms with Gasteiger partial charge in [-0.05, 0) is 0 Å². The van der Waals surface area contributed by atoms with Crippen molar-refractivity contribution in [2.75, 3.05) is 0 Å². The van der Waals surface area contributed by atoms with E-state index in [1.54, 1.807) is 0 Å². The molecule has 10 heavy (non-hydrogen) atoms. The van der Waals surface area contributed by atoms with Gasteiger partial charge in [0.25, 0.3) is 0 Å². The van der Waals surface area contributed by atoms with Crippen molar-refractivity contribution >= 4 is 5.97 Å². The average Bonchev–Trinajstić information content (AvgIpc) is 1.62. The molecule has 0 unspecified atom stereocenters. The maximum atomic E-state index is 11.2. The van der Waals surface area contributed by atoms with Crippen molar-refractivity contribution in [1.29, 1.82) is 0 Å². The van der Waals surface area contributed by atoms with E-state index in [-0.39, 0.29) is 31.0 Å². The van der Waals surface area contributed by atoms with Crippen LogP contribution in [-0.4, -0.2) is 17.3 Å². The predicted octanol–water partition coefficient (Wildman–Crippen LogP) is -1.69. The number of alkyl halides is 3. The second-order valence-electron chi connectivity index (χ2n) is 1.28. The first-order valence-corrected chi connectivity index (χ1v) is 1.85. The van der Waals surface area contributed by atoms with E-state index >= 15 is 0 Å². The van der Waals surface area contributed by atoms with Gasteiger partial charge < -0.3 is 6.53 Å². The fourth-order valence-electron chi connectivity index (χ4n) is 0.121. The molecule has 0 amide bonds. The molecule has 0 bridgehead atoms. The van der Waals surface area contributed by atoms with E-state index in [0.29, 0.717) is 0 Å². The summed E-state index contributed by atoms with van der Waals surface area (Å²) >= 11 is 0. The second-order valence-corrected chi connectivity index (χ2v) is 1.28. The van der Waals surface area contributed by atoms with E-state index < -0.39 is 17.7 Å². The number of aliphatic carboxylic acids is 1. The summed E-state index contributed by atoms with van der Waals surface area (Å²) in [6.07, 6.45) is -4.81. The Hall–Kier alpha value is -0.000000000000000222. The summed E-state index contributed by atoms with van der Waals surface area (Å²) in [5, 5.41) is 7.70. The molecule has 0 radical (unpaired) electrons. The molecule has 0 spiro atoms. The van der Waals surface area contributed by atoms with Crippen molar-refractivity contribution in [2.24, 2.45) is 0 Å². The molecule has 0 saturated carbocycles. The van der Waals surface area contributed by atoms with Crippen molar-refractivity contribution in [3.8, 4) is 0 Å². The summed E-state index contributed by atoms with van der Waals surface area (Å²) < 4.78 is 33.7. The van der Waals surface area contributed by atoms with Crippen molar-refractivity contribution in [1.82, 2.24) is 0 Å². The molecule has 1 N–H and O–H groups in total. The summed E-state index contributed by atoms with van der Waals surface area (Å²) in [5.41, 5.74) is -1.75. The zero-order valence-corrected chi connectivity index (χ0v) is 7.20. The van der Waals surface area contributed by atoms with Crippen LogP contribution in [0.25, 0.3) is 0 Å². The third kappa shape index (κ3) is 3.92. The molecule has 0 aliphatic heterocycles. The smallest absolute Gasteiger partial charge is 1.00 e. The van der Waals surface area contributed by atoms with Crippen molar-refractivity contribution in [3.63, 3.8) is 0 Å². The first kappa shape index (κ1) is 12.7. The van der Waals surface area contributed by atoms with Crippen LogP contribution in [0.5, 0.6) is 0 Å². The Morgan fingerprint density at radius 2 is 1.80 bits per heavy atom. The molecule has 0 aromatic rings. The monoisotopic (exact) mass is 164 g/mol. The minimum absolute atomic E-state index is 0. The van der Waals surface area contributed by atoms with Gasteiger partial charge in [0.2, 0.25) is 0 Å². The van der Waals surface area contributed by atoms with Crippen LogP contribution < -0.4 is 29.6 Å². The number of carbonyl (C=O) groups is 1. The molecule has 2 nitrogen and oxygen atoms in total. The van der Waals surface area contributed by atoms with Gasteiger partial charge in [0.05, 0.1) is 0 Å².